The third-order valence-electron chi connectivity index (χ3n) is 8.59. The molecule has 10 heteroatoms. The second-order valence-electron chi connectivity index (χ2n) is 11.3. The Balaban J connectivity index is 1.38. The molecule has 3 aromatic rings. The summed E-state index contributed by atoms with van der Waals surface area (Å²) in [4.78, 5) is 19.5. The molecule has 9 nitrogen and oxygen atoms in total. The molecular weight excluding hydrogens is 500 g/mol. The number of fused-ring (bicyclic) bond motifs is 1. The van der Waals surface area contributed by atoms with E-state index >= 15 is 0 Å². The number of aryl methyl sites for hydroxylation is 1. The van der Waals surface area contributed by atoms with Gasteiger partial charge in [0.05, 0.1) is 33.8 Å². The quantitative estimate of drug-likeness (QED) is 0.271. The summed E-state index contributed by atoms with van der Waals surface area (Å²) < 4.78 is 1.09. The first kappa shape index (κ1) is 25.9. The van der Waals surface area contributed by atoms with E-state index < -0.39 is 18.2 Å². The zero-order chi connectivity index (χ0) is 26.4. The van der Waals surface area contributed by atoms with Gasteiger partial charge in [-0.1, -0.05) is 19.8 Å². The maximum Gasteiger partial charge on any atom is 0.225 e. The van der Waals surface area contributed by atoms with Crippen LogP contribution in [0.15, 0.2) is 12.3 Å². The van der Waals surface area contributed by atoms with Crippen LogP contribution in [0.1, 0.15) is 75.6 Å². The molecule has 0 aliphatic heterocycles. The first-order valence-electron chi connectivity index (χ1n) is 14.1. The van der Waals surface area contributed by atoms with Gasteiger partial charge in [-0.3, -0.25) is 4.98 Å². The number of nitrogens with one attached hydrogen (secondary N) is 2. The minimum absolute atomic E-state index is 0.172. The Morgan fingerprint density at radius 1 is 1.00 bits per heavy atom. The maximum atomic E-state index is 10.8. The van der Waals surface area contributed by atoms with Crippen LogP contribution in [-0.2, 0) is 0 Å². The average Bonchev–Trinajstić information content (AvgIpc) is 3.42. The van der Waals surface area contributed by atoms with Crippen LogP contribution in [0.5, 0.6) is 0 Å². The van der Waals surface area contributed by atoms with Crippen LogP contribution in [-0.4, -0.2) is 66.2 Å². The Bertz CT molecular complexity index is 1300. The standard InChI is InChI=1S/C28H38N6O3S/c1-3-5-15-6-4-7-18(15)32-28-30-14(2)21(26(34-28)31-19-12-17(13-35)24(36)25(19)37)27-33-23-20(38-27)10-11-29-22(23)16-8-9-16/h10-11,15-19,24-25,35-37H,3-9,12-13H2,1-2H3,(H2,30,31,32,34)/t15-,17-,18-,19-,24-,25+/m1/s1. The number of aliphatic hydroxyl groups excluding tert-OH is 3. The zero-order valence-electron chi connectivity index (χ0n) is 22.1. The van der Waals surface area contributed by atoms with E-state index in [1.807, 2.05) is 19.2 Å². The Morgan fingerprint density at radius 2 is 1.84 bits per heavy atom. The normalized spacial score (nSPS) is 29.3. The number of rotatable bonds is 9. The first-order valence-corrected chi connectivity index (χ1v) is 14.9. The third kappa shape index (κ3) is 4.87. The van der Waals surface area contributed by atoms with Gasteiger partial charge in [0, 0.05) is 30.7 Å². The highest BCUT2D eigenvalue weighted by molar-refractivity contribution is 7.21. The molecule has 0 spiro atoms. The van der Waals surface area contributed by atoms with E-state index in [1.165, 1.54) is 19.3 Å². The van der Waals surface area contributed by atoms with Crippen molar-refractivity contribution in [2.75, 3.05) is 17.2 Å². The summed E-state index contributed by atoms with van der Waals surface area (Å²) >= 11 is 1.60. The van der Waals surface area contributed by atoms with Crippen molar-refractivity contribution >= 4 is 33.3 Å². The minimum Gasteiger partial charge on any atom is -0.396 e. The highest BCUT2D eigenvalue weighted by Gasteiger charge is 2.42. The molecule has 0 saturated heterocycles. The summed E-state index contributed by atoms with van der Waals surface area (Å²) in [6.45, 7) is 4.04. The molecular formula is C28H38N6O3S. The predicted molar refractivity (Wildman–Crippen MR) is 149 cm³/mol. The molecule has 0 unspecified atom stereocenters. The largest absolute Gasteiger partial charge is 0.396 e. The molecule has 6 atom stereocenters. The monoisotopic (exact) mass is 538 g/mol. The van der Waals surface area contributed by atoms with Gasteiger partial charge in [-0.25, -0.2) is 9.97 Å². The molecule has 0 aromatic carbocycles. The molecule has 0 amide bonds. The lowest BCUT2D eigenvalue weighted by molar-refractivity contribution is 0.00446. The van der Waals surface area contributed by atoms with Crippen molar-refractivity contribution in [3.63, 3.8) is 0 Å². The number of aromatic nitrogens is 4. The van der Waals surface area contributed by atoms with Crippen LogP contribution in [0, 0.1) is 18.8 Å². The van der Waals surface area contributed by atoms with Gasteiger partial charge in [0.2, 0.25) is 5.95 Å². The van der Waals surface area contributed by atoms with Crippen molar-refractivity contribution < 1.29 is 15.3 Å². The van der Waals surface area contributed by atoms with Crippen molar-refractivity contribution in [1.29, 1.82) is 0 Å². The summed E-state index contributed by atoms with van der Waals surface area (Å²) in [6.07, 6.45) is 8.54. The van der Waals surface area contributed by atoms with Gasteiger partial charge in [-0.2, -0.15) is 4.98 Å². The summed E-state index contributed by atoms with van der Waals surface area (Å²) in [5.41, 5.74) is 3.64. The molecule has 3 saturated carbocycles. The summed E-state index contributed by atoms with van der Waals surface area (Å²) in [6, 6.07) is 1.92. The van der Waals surface area contributed by atoms with E-state index in [-0.39, 0.29) is 12.5 Å². The second-order valence-corrected chi connectivity index (χ2v) is 12.4. The molecule has 3 aromatic heterocycles. The van der Waals surface area contributed by atoms with Gasteiger partial charge >= 0.3 is 0 Å². The molecule has 204 valence electrons. The number of aliphatic hydroxyl groups is 3. The number of hydrogen-bond donors (Lipinski definition) is 5. The van der Waals surface area contributed by atoms with Crippen molar-refractivity contribution in [3.8, 4) is 10.6 Å². The van der Waals surface area contributed by atoms with E-state index in [2.05, 4.69) is 22.5 Å². The van der Waals surface area contributed by atoms with Gasteiger partial charge in [0.25, 0.3) is 0 Å². The van der Waals surface area contributed by atoms with Crippen LogP contribution >= 0.6 is 11.3 Å². The van der Waals surface area contributed by atoms with Gasteiger partial charge < -0.3 is 26.0 Å². The zero-order valence-corrected chi connectivity index (χ0v) is 22.9. The molecule has 3 aliphatic rings. The fraction of sp³-hybridized carbons (Fsp3) is 0.643. The van der Waals surface area contributed by atoms with E-state index in [4.69, 9.17) is 15.0 Å². The second kappa shape index (κ2) is 10.6. The number of thiazole rings is 1. The number of hydrogen-bond acceptors (Lipinski definition) is 10. The van der Waals surface area contributed by atoms with Crippen LogP contribution in [0.3, 0.4) is 0 Å². The van der Waals surface area contributed by atoms with Gasteiger partial charge in [0.1, 0.15) is 22.4 Å². The Hall–Kier alpha value is -2.40. The van der Waals surface area contributed by atoms with E-state index in [9.17, 15) is 15.3 Å². The van der Waals surface area contributed by atoms with Gasteiger partial charge in [-0.15, -0.1) is 11.3 Å². The third-order valence-corrected chi connectivity index (χ3v) is 9.63. The van der Waals surface area contributed by atoms with E-state index in [1.54, 1.807) is 11.3 Å². The fourth-order valence-corrected chi connectivity index (χ4v) is 7.44. The number of pyridine rings is 1. The Kier molecular flexibility index (Phi) is 7.24. The predicted octanol–water partition coefficient (Wildman–Crippen LogP) is 4.23. The lowest BCUT2D eigenvalue weighted by atomic mass is 9.98. The van der Waals surface area contributed by atoms with E-state index in [0.717, 1.165) is 57.9 Å². The molecule has 0 radical (unpaired) electrons. The highest BCUT2D eigenvalue weighted by Crippen LogP contribution is 2.45. The van der Waals surface area contributed by atoms with Gasteiger partial charge in [-0.05, 0) is 57.4 Å². The molecule has 3 fully saturated rings. The first-order chi connectivity index (χ1) is 18.5. The molecule has 3 heterocycles. The number of nitrogens with zero attached hydrogens (tertiary/aromatic N) is 4. The van der Waals surface area contributed by atoms with Crippen molar-refractivity contribution in [1.82, 2.24) is 19.9 Å². The molecule has 38 heavy (non-hydrogen) atoms. The molecule has 3 aliphatic carbocycles. The maximum absolute atomic E-state index is 10.8. The molecule has 0 bridgehead atoms. The van der Waals surface area contributed by atoms with Crippen LogP contribution < -0.4 is 10.6 Å². The van der Waals surface area contributed by atoms with Crippen molar-refractivity contribution in [2.24, 2.45) is 11.8 Å². The Morgan fingerprint density at radius 3 is 2.58 bits per heavy atom. The lowest BCUT2D eigenvalue weighted by Crippen LogP contribution is -2.36. The summed E-state index contributed by atoms with van der Waals surface area (Å²) in [5.74, 6) is 1.90. The Labute approximate surface area is 227 Å². The fourth-order valence-electron chi connectivity index (χ4n) is 6.37. The van der Waals surface area contributed by atoms with Crippen LogP contribution in [0.2, 0.25) is 0 Å². The van der Waals surface area contributed by atoms with Crippen molar-refractivity contribution in [2.45, 2.75) is 95.4 Å². The molecule has 6 rings (SSSR count). The average molecular weight is 539 g/mol. The lowest BCUT2D eigenvalue weighted by Gasteiger charge is -2.23. The SMILES string of the molecule is CCC[C@@H]1CCC[C@H]1Nc1nc(C)c(-c2nc3c(C4CC4)nccc3s2)c(N[C@@H]2C[C@H](CO)[C@@H](O)[C@H]2O)n1. The minimum atomic E-state index is -1.00. The molecule has 5 N–H and O–H groups in total. The summed E-state index contributed by atoms with van der Waals surface area (Å²) in [5, 5.41) is 38.8. The summed E-state index contributed by atoms with van der Waals surface area (Å²) in [7, 11) is 0. The number of anilines is 2. The topological polar surface area (TPSA) is 136 Å². The van der Waals surface area contributed by atoms with Crippen LogP contribution in [0.25, 0.3) is 20.8 Å². The van der Waals surface area contributed by atoms with Gasteiger partial charge in [0.15, 0.2) is 0 Å². The smallest absolute Gasteiger partial charge is 0.225 e. The van der Waals surface area contributed by atoms with Crippen molar-refractivity contribution in [3.05, 3.63) is 23.7 Å². The highest BCUT2D eigenvalue weighted by atomic mass is 32.1. The van der Waals surface area contributed by atoms with E-state index in [0.29, 0.717) is 36.1 Å². The van der Waals surface area contributed by atoms with Crippen LogP contribution in [0.4, 0.5) is 11.8 Å².